The van der Waals surface area contributed by atoms with Crippen molar-refractivity contribution < 1.29 is 14.3 Å². The number of nitrogens with zero attached hydrogens (tertiary/aromatic N) is 4. The molecule has 2 aliphatic heterocycles. The van der Waals surface area contributed by atoms with Gasteiger partial charge in [0.1, 0.15) is 11.6 Å². The smallest absolute Gasteiger partial charge is 0.411 e. The Balaban J connectivity index is 1.71. The molecular weight excluding hydrogens is 475 g/mol. The number of piperazine rings is 2. The van der Waals surface area contributed by atoms with Crippen molar-refractivity contribution >= 4 is 40.9 Å². The molecule has 0 aromatic heterocycles. The summed E-state index contributed by atoms with van der Waals surface area (Å²) < 4.78 is 5.65. The molecule has 0 bridgehead atoms. The minimum atomic E-state index is -0.608. The van der Waals surface area contributed by atoms with E-state index in [-0.39, 0.29) is 5.91 Å². The minimum Gasteiger partial charge on any atom is -0.444 e. The molecule has 0 aliphatic carbocycles. The largest absolute Gasteiger partial charge is 0.444 e. The highest BCUT2D eigenvalue weighted by Crippen LogP contribution is 2.28. The van der Waals surface area contributed by atoms with Crippen LogP contribution in [0.25, 0.3) is 0 Å². The maximum absolute atomic E-state index is 13.7. The molecule has 34 heavy (non-hydrogen) atoms. The Morgan fingerprint density at radius 3 is 2.32 bits per heavy atom. The molecule has 9 heteroatoms. The maximum Gasteiger partial charge on any atom is 0.411 e. The monoisotopic (exact) mass is 512 g/mol. The molecule has 7 nitrogen and oxygen atoms in total. The lowest BCUT2D eigenvalue weighted by molar-refractivity contribution is -0.140. The van der Waals surface area contributed by atoms with Crippen molar-refractivity contribution in [2.75, 3.05) is 50.7 Å². The van der Waals surface area contributed by atoms with Gasteiger partial charge < -0.3 is 14.5 Å². The topological polar surface area (TPSA) is 56.3 Å². The Labute approximate surface area is 213 Å². The fourth-order valence-corrected chi connectivity index (χ4v) is 4.93. The van der Waals surface area contributed by atoms with Crippen molar-refractivity contribution in [3.8, 4) is 0 Å². The van der Waals surface area contributed by atoms with Gasteiger partial charge in [-0.2, -0.15) is 0 Å². The normalized spacial score (nSPS) is 20.9. The van der Waals surface area contributed by atoms with E-state index in [4.69, 9.17) is 27.9 Å². The van der Waals surface area contributed by atoms with E-state index in [1.807, 2.05) is 37.8 Å². The van der Waals surface area contributed by atoms with E-state index in [1.165, 1.54) is 0 Å². The minimum absolute atomic E-state index is 0.00644. The molecule has 3 rings (SSSR count). The predicted octanol–water partition coefficient (Wildman–Crippen LogP) is 4.75. The molecule has 0 unspecified atom stereocenters. The number of carbonyl (C=O) groups is 2. The second-order valence-electron chi connectivity index (χ2n) is 10.2. The van der Waals surface area contributed by atoms with Crippen molar-refractivity contribution in [3.63, 3.8) is 0 Å². The van der Waals surface area contributed by atoms with Gasteiger partial charge in [-0.25, -0.2) is 4.79 Å². The Morgan fingerprint density at radius 2 is 1.74 bits per heavy atom. The highest BCUT2D eigenvalue weighted by molar-refractivity contribution is 6.42. The van der Waals surface area contributed by atoms with Crippen LogP contribution in [0.2, 0.25) is 10.0 Å². The zero-order valence-electron chi connectivity index (χ0n) is 21.0. The lowest BCUT2D eigenvalue weighted by Crippen LogP contribution is -2.64. The van der Waals surface area contributed by atoms with Gasteiger partial charge in [0.05, 0.1) is 10.0 Å². The molecule has 190 valence electrons. The number of ether oxygens (including phenoxy) is 1. The maximum atomic E-state index is 13.7. The number of hydrogen-bond donors (Lipinski definition) is 0. The number of carbonyl (C=O) groups excluding carboxylic acids is 2. The van der Waals surface area contributed by atoms with Crippen molar-refractivity contribution in [2.24, 2.45) is 0 Å². The first-order chi connectivity index (χ1) is 16.0. The van der Waals surface area contributed by atoms with E-state index in [9.17, 15) is 9.59 Å². The standard InChI is InChI=1S/C25H38Cl2N4O3/c1-6-7-18(2)30-14-15-31(24(33)34-25(3,4)5)22(17-30)23(32)29-12-10-28(11-13-29)19-8-9-20(26)21(27)16-19/h8-9,16,18,22H,6-7,10-15,17H2,1-5H3/t18-,22-/m1/s1. The fraction of sp³-hybridized carbons (Fsp3) is 0.680. The third-order valence-electron chi connectivity index (χ3n) is 6.51. The Kier molecular flexibility index (Phi) is 8.98. The van der Waals surface area contributed by atoms with Gasteiger partial charge in [-0.3, -0.25) is 14.6 Å². The first-order valence-corrected chi connectivity index (χ1v) is 13.0. The van der Waals surface area contributed by atoms with E-state index in [2.05, 4.69) is 23.6 Å². The van der Waals surface area contributed by atoms with Crippen molar-refractivity contribution in [3.05, 3.63) is 28.2 Å². The second-order valence-corrected chi connectivity index (χ2v) is 11.0. The Morgan fingerprint density at radius 1 is 1.06 bits per heavy atom. The van der Waals surface area contributed by atoms with Crippen LogP contribution in [-0.4, -0.2) is 90.2 Å². The van der Waals surface area contributed by atoms with Gasteiger partial charge in [0.15, 0.2) is 0 Å². The molecule has 1 aromatic carbocycles. The number of rotatable bonds is 5. The molecule has 2 saturated heterocycles. The zero-order chi connectivity index (χ0) is 25.0. The number of benzene rings is 1. The first-order valence-electron chi connectivity index (χ1n) is 12.2. The summed E-state index contributed by atoms with van der Waals surface area (Å²) in [5, 5.41) is 1.05. The fourth-order valence-electron chi connectivity index (χ4n) is 4.63. The van der Waals surface area contributed by atoms with Gasteiger partial charge in [-0.15, -0.1) is 0 Å². The lowest BCUT2D eigenvalue weighted by Gasteiger charge is -2.45. The third-order valence-corrected chi connectivity index (χ3v) is 7.25. The summed E-state index contributed by atoms with van der Waals surface area (Å²) in [6, 6.07) is 5.43. The van der Waals surface area contributed by atoms with Gasteiger partial charge >= 0.3 is 6.09 Å². The van der Waals surface area contributed by atoms with Gasteiger partial charge in [0.2, 0.25) is 5.91 Å². The molecule has 0 spiro atoms. The molecule has 0 saturated carbocycles. The van der Waals surface area contributed by atoms with Gasteiger partial charge in [0.25, 0.3) is 0 Å². The van der Waals surface area contributed by atoms with Crippen molar-refractivity contribution in [2.45, 2.75) is 65.1 Å². The van der Waals surface area contributed by atoms with Gasteiger partial charge in [-0.1, -0.05) is 36.5 Å². The van der Waals surface area contributed by atoms with E-state index >= 15 is 0 Å². The Hall–Kier alpha value is -1.70. The van der Waals surface area contributed by atoms with Crippen LogP contribution in [0.4, 0.5) is 10.5 Å². The van der Waals surface area contributed by atoms with Crippen molar-refractivity contribution in [1.29, 1.82) is 0 Å². The molecule has 2 atom stereocenters. The first kappa shape index (κ1) is 26.9. The van der Waals surface area contributed by atoms with E-state index in [1.54, 1.807) is 11.0 Å². The number of hydrogen-bond acceptors (Lipinski definition) is 5. The summed E-state index contributed by atoms with van der Waals surface area (Å²) in [7, 11) is 0. The molecule has 2 aliphatic rings. The average Bonchev–Trinajstić information content (AvgIpc) is 2.79. The predicted molar refractivity (Wildman–Crippen MR) is 138 cm³/mol. The highest BCUT2D eigenvalue weighted by Gasteiger charge is 2.40. The van der Waals surface area contributed by atoms with E-state index in [0.29, 0.717) is 55.4 Å². The van der Waals surface area contributed by atoms with Crippen LogP contribution in [0.5, 0.6) is 0 Å². The summed E-state index contributed by atoms with van der Waals surface area (Å²) in [6.07, 6.45) is 1.74. The third kappa shape index (κ3) is 6.70. The van der Waals surface area contributed by atoms with Crippen LogP contribution in [0, 0.1) is 0 Å². The van der Waals surface area contributed by atoms with Crippen LogP contribution in [-0.2, 0) is 9.53 Å². The molecule has 2 heterocycles. The van der Waals surface area contributed by atoms with Crippen LogP contribution in [0.1, 0.15) is 47.5 Å². The molecule has 1 aromatic rings. The van der Waals surface area contributed by atoms with Crippen LogP contribution < -0.4 is 4.90 Å². The highest BCUT2D eigenvalue weighted by atomic mass is 35.5. The summed E-state index contributed by atoms with van der Waals surface area (Å²) in [5.41, 5.74) is 0.386. The second kappa shape index (κ2) is 11.4. The number of anilines is 1. The summed E-state index contributed by atoms with van der Waals surface area (Å²) in [6.45, 7) is 14.2. The Bertz CT molecular complexity index is 868. The number of halogens is 2. The lowest BCUT2D eigenvalue weighted by atomic mass is 10.1. The molecular formula is C25H38Cl2N4O3. The van der Waals surface area contributed by atoms with E-state index in [0.717, 1.165) is 25.1 Å². The van der Waals surface area contributed by atoms with Crippen LogP contribution in [0.3, 0.4) is 0 Å². The zero-order valence-corrected chi connectivity index (χ0v) is 22.5. The molecule has 0 radical (unpaired) electrons. The van der Waals surface area contributed by atoms with Crippen LogP contribution >= 0.6 is 23.2 Å². The quantitative estimate of drug-likeness (QED) is 0.569. The van der Waals surface area contributed by atoms with Crippen molar-refractivity contribution in [1.82, 2.24) is 14.7 Å². The molecule has 0 N–H and O–H groups in total. The summed E-state index contributed by atoms with van der Waals surface area (Å²) in [4.78, 5) is 34.7. The van der Waals surface area contributed by atoms with Gasteiger partial charge in [-0.05, 0) is 52.3 Å². The molecule has 2 fully saturated rings. The van der Waals surface area contributed by atoms with Gasteiger partial charge in [0, 0.05) is 57.5 Å². The molecule has 2 amide bonds. The van der Waals surface area contributed by atoms with E-state index < -0.39 is 17.7 Å². The average molecular weight is 514 g/mol. The SMILES string of the molecule is CCC[C@@H](C)N1CCN(C(=O)OC(C)(C)C)[C@@H](C(=O)N2CCN(c3ccc(Cl)c(Cl)c3)CC2)C1. The van der Waals surface area contributed by atoms with Crippen LogP contribution in [0.15, 0.2) is 18.2 Å². The number of amides is 2. The summed E-state index contributed by atoms with van der Waals surface area (Å²) in [5.74, 6) is -0.00644. The summed E-state index contributed by atoms with van der Waals surface area (Å²) >= 11 is 12.2.